The fraction of sp³-hybridized carbons (Fsp3) is 0.375. The number of carbonyl (C=O) groups is 4. The van der Waals surface area contributed by atoms with E-state index in [1.807, 2.05) is 45.9 Å². The average Bonchev–Trinajstić information content (AvgIpc) is 3.03. The van der Waals surface area contributed by atoms with Crippen LogP contribution in [0.3, 0.4) is 0 Å². The van der Waals surface area contributed by atoms with E-state index in [0.29, 0.717) is 47.4 Å². The van der Waals surface area contributed by atoms with Crippen molar-refractivity contribution in [3.8, 4) is 0 Å². The van der Waals surface area contributed by atoms with Gasteiger partial charge in [-0.3, -0.25) is 14.4 Å². The zero-order chi connectivity index (χ0) is 34.1. The molecule has 2 heterocycles. The number of aldehydes is 1. The van der Waals surface area contributed by atoms with Gasteiger partial charge in [-0.1, -0.05) is 68.2 Å². The van der Waals surface area contributed by atoms with E-state index < -0.39 is 18.5 Å². The summed E-state index contributed by atoms with van der Waals surface area (Å²) < 4.78 is 1.44. The molecule has 1 fully saturated rings. The number of halogens is 2. The van der Waals surface area contributed by atoms with E-state index in [-0.39, 0.29) is 11.6 Å². The van der Waals surface area contributed by atoms with Gasteiger partial charge >= 0.3 is 17.7 Å². The van der Waals surface area contributed by atoms with E-state index >= 15 is 0 Å². The van der Waals surface area contributed by atoms with Crippen LogP contribution in [0.4, 0.5) is 4.79 Å². The van der Waals surface area contributed by atoms with Gasteiger partial charge in [-0.15, -0.1) is 0 Å². The molecule has 2 N–H and O–H groups in total. The topological polar surface area (TPSA) is 142 Å². The molecule has 4 rings (SSSR count). The van der Waals surface area contributed by atoms with Crippen LogP contribution in [0.5, 0.6) is 0 Å². The number of rotatable bonds is 5. The molecule has 3 aromatic rings. The molecular formula is C32H41Cl2N5O6. The molecule has 0 aliphatic carbocycles. The third-order valence-electron chi connectivity index (χ3n) is 6.44. The van der Waals surface area contributed by atoms with Gasteiger partial charge in [-0.25, -0.2) is 9.59 Å². The highest BCUT2D eigenvalue weighted by atomic mass is 35.5. The normalized spacial score (nSPS) is 11.8. The summed E-state index contributed by atoms with van der Waals surface area (Å²) in [6.07, 6.45) is 3.35. The van der Waals surface area contributed by atoms with Gasteiger partial charge in [-0.05, 0) is 49.6 Å². The Balaban J connectivity index is 0.000000380. The molecule has 0 radical (unpaired) electrons. The Bertz CT molecular complexity index is 1480. The molecule has 13 heteroatoms. The van der Waals surface area contributed by atoms with Crippen LogP contribution < -0.4 is 11.0 Å². The molecule has 0 bridgehead atoms. The summed E-state index contributed by atoms with van der Waals surface area (Å²) >= 11 is 11.9. The van der Waals surface area contributed by atoms with Crippen LogP contribution in [-0.4, -0.2) is 81.4 Å². The second-order valence-corrected chi connectivity index (χ2v) is 10.3. The van der Waals surface area contributed by atoms with Crippen molar-refractivity contribution in [2.45, 2.75) is 41.0 Å². The summed E-state index contributed by atoms with van der Waals surface area (Å²) in [6, 6.07) is 12.1. The number of hydrogen-bond acceptors (Lipinski definition) is 6. The first-order chi connectivity index (χ1) is 21.4. The van der Waals surface area contributed by atoms with E-state index in [2.05, 4.69) is 10.3 Å². The van der Waals surface area contributed by atoms with Gasteiger partial charge < -0.3 is 24.8 Å². The van der Waals surface area contributed by atoms with Crippen molar-refractivity contribution in [2.75, 3.05) is 32.7 Å². The Morgan fingerprint density at radius 1 is 0.956 bits per heavy atom. The maximum Gasteiger partial charge on any atom is 0.347 e. The van der Waals surface area contributed by atoms with E-state index in [1.54, 1.807) is 49.3 Å². The summed E-state index contributed by atoms with van der Waals surface area (Å²) in [4.78, 5) is 62.8. The van der Waals surface area contributed by atoms with Crippen molar-refractivity contribution in [1.82, 2.24) is 24.7 Å². The van der Waals surface area contributed by atoms with Gasteiger partial charge in [0.25, 0.3) is 5.91 Å². The molecule has 1 aromatic heterocycles. The van der Waals surface area contributed by atoms with Crippen LogP contribution in [0, 0.1) is 13.8 Å². The Morgan fingerprint density at radius 3 is 2.02 bits per heavy atom. The maximum atomic E-state index is 12.6. The predicted octanol–water partition coefficient (Wildman–Crippen LogP) is 5.03. The standard InChI is InChI=1S/C15H18ClN3O4.C9H9ClO.C6H8N2O.C2H6/c1-10-3-2-4-11(16)13(10)14(22)18-5-7-19(8-6-18)15(23)17-9-12(20)21;1-2-7-4-3-5-9(10)8(7)6-11;1-5-3-4-8(2)6(9)7-5;1-2/h2-4H,5-9H2,1H3,(H,17,23)(H,20,21);3-6H,2H2,1H3;3-4H,1-2H3;1-2H3. The van der Waals surface area contributed by atoms with Crippen molar-refractivity contribution >= 4 is 47.4 Å². The second-order valence-electron chi connectivity index (χ2n) is 9.51. The van der Waals surface area contributed by atoms with E-state index in [9.17, 15) is 24.0 Å². The molecule has 11 nitrogen and oxygen atoms in total. The second kappa shape index (κ2) is 19.9. The minimum atomic E-state index is -1.10. The monoisotopic (exact) mass is 661 g/mol. The van der Waals surface area contributed by atoms with Crippen molar-refractivity contribution in [1.29, 1.82) is 0 Å². The van der Waals surface area contributed by atoms with Gasteiger partial charge in [0, 0.05) is 50.7 Å². The highest BCUT2D eigenvalue weighted by Crippen LogP contribution is 2.22. The molecule has 2 aromatic carbocycles. The van der Waals surface area contributed by atoms with E-state index in [4.69, 9.17) is 28.3 Å². The lowest BCUT2D eigenvalue weighted by molar-refractivity contribution is -0.135. The number of amides is 3. The molecule has 0 saturated carbocycles. The lowest BCUT2D eigenvalue weighted by Crippen LogP contribution is -2.53. The van der Waals surface area contributed by atoms with Crippen molar-refractivity contribution in [2.24, 2.45) is 7.05 Å². The number of carboxylic acids is 1. The number of carboxylic acid groups (broad SMARTS) is 1. The number of piperazine rings is 1. The molecule has 1 aliphatic heterocycles. The molecule has 1 aliphatic rings. The van der Waals surface area contributed by atoms with Crippen LogP contribution in [0.15, 0.2) is 53.5 Å². The summed E-state index contributed by atoms with van der Waals surface area (Å²) in [5.74, 6) is -1.25. The van der Waals surface area contributed by atoms with E-state index in [0.717, 1.165) is 29.5 Å². The molecule has 45 heavy (non-hydrogen) atoms. The largest absolute Gasteiger partial charge is 0.480 e. The summed E-state index contributed by atoms with van der Waals surface area (Å²) in [5.41, 5.74) is 3.49. The lowest BCUT2D eigenvalue weighted by Gasteiger charge is -2.35. The third kappa shape index (κ3) is 12.4. The summed E-state index contributed by atoms with van der Waals surface area (Å²) in [5, 5.41) is 11.8. The Hall–Kier alpha value is -4.22. The number of hydrogen-bond donors (Lipinski definition) is 2. The van der Waals surface area contributed by atoms with Gasteiger partial charge in [0.2, 0.25) is 0 Å². The molecular weight excluding hydrogens is 621 g/mol. The fourth-order valence-electron chi connectivity index (χ4n) is 4.01. The van der Waals surface area contributed by atoms with Gasteiger partial charge in [0.05, 0.1) is 15.6 Å². The Morgan fingerprint density at radius 2 is 1.53 bits per heavy atom. The fourth-order valence-corrected chi connectivity index (χ4v) is 4.55. The maximum absolute atomic E-state index is 12.6. The Labute approximate surface area is 273 Å². The van der Waals surface area contributed by atoms with Gasteiger partial charge in [-0.2, -0.15) is 4.98 Å². The third-order valence-corrected chi connectivity index (χ3v) is 7.08. The zero-order valence-corrected chi connectivity index (χ0v) is 28.0. The van der Waals surface area contributed by atoms with Crippen molar-refractivity contribution in [3.05, 3.63) is 97.1 Å². The molecule has 0 unspecified atom stereocenters. The van der Waals surface area contributed by atoms with Crippen molar-refractivity contribution < 1.29 is 24.3 Å². The van der Waals surface area contributed by atoms with Crippen LogP contribution in [0.25, 0.3) is 0 Å². The number of nitrogens with one attached hydrogen (secondary N) is 1. The highest BCUT2D eigenvalue weighted by Gasteiger charge is 2.26. The van der Waals surface area contributed by atoms with Crippen molar-refractivity contribution in [3.63, 3.8) is 0 Å². The predicted molar refractivity (Wildman–Crippen MR) is 176 cm³/mol. The summed E-state index contributed by atoms with van der Waals surface area (Å²) in [6.45, 7) is 10.7. The lowest BCUT2D eigenvalue weighted by atomic mass is 10.1. The molecule has 1 saturated heterocycles. The number of urea groups is 1. The molecule has 244 valence electrons. The summed E-state index contributed by atoms with van der Waals surface area (Å²) in [7, 11) is 1.68. The zero-order valence-electron chi connectivity index (χ0n) is 26.5. The Kier molecular flexibility index (Phi) is 17.2. The minimum absolute atomic E-state index is 0.154. The molecule has 3 amide bonds. The minimum Gasteiger partial charge on any atom is -0.480 e. The SMILES string of the molecule is CC.CCc1cccc(Cl)c1C=O.Cc1cccc(Cl)c1C(=O)N1CCN(C(=O)NCC(=O)O)CC1.Cc1ccn(C)c(=O)n1. The smallest absolute Gasteiger partial charge is 0.347 e. The van der Waals surface area contributed by atoms with Crippen LogP contribution in [-0.2, 0) is 18.3 Å². The number of carbonyl (C=O) groups excluding carboxylic acids is 3. The van der Waals surface area contributed by atoms with E-state index in [1.165, 1.54) is 9.47 Å². The first-order valence-electron chi connectivity index (χ1n) is 14.4. The number of nitrogens with zero attached hydrogens (tertiary/aromatic N) is 4. The molecule has 0 spiro atoms. The van der Waals surface area contributed by atoms with Gasteiger partial charge in [0.15, 0.2) is 6.29 Å². The van der Waals surface area contributed by atoms with Crippen LogP contribution in [0.2, 0.25) is 10.0 Å². The number of benzene rings is 2. The molecule has 0 atom stereocenters. The quantitative estimate of drug-likeness (QED) is 0.365. The van der Waals surface area contributed by atoms with Crippen LogP contribution >= 0.6 is 23.2 Å². The average molecular weight is 663 g/mol. The number of aromatic nitrogens is 2. The highest BCUT2D eigenvalue weighted by molar-refractivity contribution is 6.34. The number of aryl methyl sites for hydroxylation is 4. The van der Waals surface area contributed by atoms with Crippen LogP contribution in [0.1, 0.15) is 58.3 Å². The number of aliphatic carboxylic acids is 1. The first-order valence-corrected chi connectivity index (χ1v) is 15.2. The first kappa shape index (κ1) is 38.8. The van der Waals surface area contributed by atoms with Gasteiger partial charge in [0.1, 0.15) is 6.54 Å².